The fraction of sp³-hybridized carbons (Fsp3) is 0.368. The first-order valence-electron chi connectivity index (χ1n) is 8.61. The molecule has 1 aliphatic rings. The van der Waals surface area contributed by atoms with Crippen molar-refractivity contribution in [2.24, 2.45) is 0 Å². The molecule has 1 fully saturated rings. The van der Waals surface area contributed by atoms with Gasteiger partial charge in [-0.05, 0) is 26.3 Å². The molecule has 2 aromatic heterocycles. The van der Waals surface area contributed by atoms with E-state index < -0.39 is 0 Å². The van der Waals surface area contributed by atoms with Crippen LogP contribution in [0.4, 0.5) is 0 Å². The summed E-state index contributed by atoms with van der Waals surface area (Å²) >= 11 is 1.45. The molecule has 0 spiro atoms. The number of rotatable bonds is 3. The zero-order chi connectivity index (χ0) is 18.3. The van der Waals surface area contributed by atoms with Gasteiger partial charge in [0.2, 0.25) is 5.89 Å². The topological polar surface area (TPSA) is 72.1 Å². The lowest BCUT2D eigenvalue weighted by Gasteiger charge is -2.16. The molecule has 2 atom stereocenters. The van der Waals surface area contributed by atoms with Gasteiger partial charge in [0, 0.05) is 19.0 Å². The molecule has 0 bridgehead atoms. The van der Waals surface area contributed by atoms with Gasteiger partial charge in [-0.2, -0.15) is 4.98 Å². The molecule has 1 saturated heterocycles. The number of carbonyl (C=O) groups is 1. The maximum absolute atomic E-state index is 13.1. The van der Waals surface area contributed by atoms with Gasteiger partial charge < -0.3 is 9.42 Å². The summed E-state index contributed by atoms with van der Waals surface area (Å²) in [5.74, 6) is 1.38. The molecule has 0 radical (unpaired) electrons. The Morgan fingerprint density at radius 2 is 1.85 bits per heavy atom. The number of nitrogens with zero attached hydrogens (tertiary/aromatic N) is 4. The summed E-state index contributed by atoms with van der Waals surface area (Å²) in [6.07, 6.45) is 0. The summed E-state index contributed by atoms with van der Waals surface area (Å²) in [5, 5.41) is 4.85. The Balaban J connectivity index is 1.67. The molecule has 7 heteroatoms. The monoisotopic (exact) mass is 368 g/mol. The fourth-order valence-electron chi connectivity index (χ4n) is 3.59. The Labute approximate surface area is 155 Å². The summed E-state index contributed by atoms with van der Waals surface area (Å²) in [5.41, 5.74) is 1.98. The van der Waals surface area contributed by atoms with E-state index in [9.17, 15) is 4.79 Å². The van der Waals surface area contributed by atoms with E-state index in [1.807, 2.05) is 43.9 Å². The maximum atomic E-state index is 13.1. The highest BCUT2D eigenvalue weighted by molar-refractivity contribution is 7.13. The van der Waals surface area contributed by atoms with E-state index in [0.717, 1.165) is 15.6 Å². The highest BCUT2D eigenvalue weighted by Crippen LogP contribution is 2.40. The van der Waals surface area contributed by atoms with Crippen LogP contribution >= 0.6 is 11.3 Å². The van der Waals surface area contributed by atoms with E-state index in [0.29, 0.717) is 24.8 Å². The van der Waals surface area contributed by atoms with Crippen LogP contribution in [0.3, 0.4) is 0 Å². The minimum absolute atomic E-state index is 0.00289. The molecule has 3 heterocycles. The molecule has 0 N–H and O–H groups in total. The summed E-state index contributed by atoms with van der Waals surface area (Å²) in [7, 11) is 0. The number of carbonyl (C=O) groups excluding carboxylic acids is 1. The van der Waals surface area contributed by atoms with Crippen LogP contribution in [0, 0.1) is 20.8 Å². The van der Waals surface area contributed by atoms with Crippen molar-refractivity contribution < 1.29 is 9.32 Å². The average molecular weight is 368 g/mol. The first-order chi connectivity index (χ1) is 12.5. The second kappa shape index (κ2) is 6.64. The van der Waals surface area contributed by atoms with E-state index in [2.05, 4.69) is 27.3 Å². The number of aryl methyl sites for hydroxylation is 3. The maximum Gasteiger partial charge on any atom is 0.265 e. The molecule has 0 aliphatic carbocycles. The molecule has 3 aromatic rings. The van der Waals surface area contributed by atoms with Gasteiger partial charge in [-0.25, -0.2) is 4.98 Å². The Hall–Kier alpha value is -2.54. The Kier molecular flexibility index (Phi) is 4.32. The van der Waals surface area contributed by atoms with Crippen molar-refractivity contribution in [2.45, 2.75) is 32.6 Å². The first kappa shape index (κ1) is 16.9. The molecule has 134 valence electrons. The number of benzene rings is 1. The van der Waals surface area contributed by atoms with Crippen LogP contribution in [0.2, 0.25) is 0 Å². The van der Waals surface area contributed by atoms with Crippen molar-refractivity contribution >= 4 is 17.2 Å². The molecule has 26 heavy (non-hydrogen) atoms. The fourth-order valence-corrected chi connectivity index (χ4v) is 4.48. The van der Waals surface area contributed by atoms with E-state index in [1.165, 1.54) is 16.9 Å². The molecule has 1 aliphatic heterocycles. The van der Waals surface area contributed by atoms with Crippen molar-refractivity contribution in [2.75, 3.05) is 13.1 Å². The number of aromatic nitrogens is 3. The van der Waals surface area contributed by atoms with E-state index >= 15 is 0 Å². The van der Waals surface area contributed by atoms with Gasteiger partial charge in [0.05, 0.1) is 16.6 Å². The average Bonchev–Trinajstić information content (AvgIpc) is 3.33. The quantitative estimate of drug-likeness (QED) is 0.708. The highest BCUT2D eigenvalue weighted by Gasteiger charge is 2.41. The van der Waals surface area contributed by atoms with Gasteiger partial charge in [-0.1, -0.05) is 35.5 Å². The van der Waals surface area contributed by atoms with Crippen LogP contribution in [0.25, 0.3) is 0 Å². The molecule has 1 amide bonds. The van der Waals surface area contributed by atoms with Gasteiger partial charge in [0.1, 0.15) is 4.88 Å². The van der Waals surface area contributed by atoms with Gasteiger partial charge in [0.25, 0.3) is 5.91 Å². The largest absolute Gasteiger partial charge is 0.339 e. The van der Waals surface area contributed by atoms with Crippen LogP contribution in [0.15, 0.2) is 34.9 Å². The predicted octanol–water partition coefficient (Wildman–Crippen LogP) is 3.47. The van der Waals surface area contributed by atoms with Gasteiger partial charge in [0.15, 0.2) is 5.82 Å². The third-order valence-corrected chi connectivity index (χ3v) is 5.85. The van der Waals surface area contributed by atoms with Crippen LogP contribution in [-0.2, 0) is 0 Å². The summed E-state index contributed by atoms with van der Waals surface area (Å²) in [6.45, 7) is 6.82. The van der Waals surface area contributed by atoms with Crippen LogP contribution in [-0.4, -0.2) is 39.0 Å². The molecule has 0 unspecified atom stereocenters. The van der Waals surface area contributed by atoms with Crippen molar-refractivity contribution in [3.8, 4) is 0 Å². The normalized spacial score (nSPS) is 19.9. The number of hydrogen-bond acceptors (Lipinski definition) is 6. The number of amides is 1. The zero-order valence-electron chi connectivity index (χ0n) is 15.0. The minimum atomic E-state index is -0.00289. The third kappa shape index (κ3) is 3.03. The van der Waals surface area contributed by atoms with Crippen LogP contribution < -0.4 is 0 Å². The smallest absolute Gasteiger partial charge is 0.265 e. The second-order valence-electron chi connectivity index (χ2n) is 6.66. The molecule has 6 nitrogen and oxygen atoms in total. The summed E-state index contributed by atoms with van der Waals surface area (Å²) in [6, 6.07) is 10.2. The van der Waals surface area contributed by atoms with Crippen molar-refractivity contribution in [3.63, 3.8) is 0 Å². The third-order valence-electron chi connectivity index (χ3n) is 4.79. The van der Waals surface area contributed by atoms with Crippen molar-refractivity contribution in [1.82, 2.24) is 20.0 Å². The Morgan fingerprint density at radius 1 is 1.12 bits per heavy atom. The minimum Gasteiger partial charge on any atom is -0.339 e. The second-order valence-corrected chi connectivity index (χ2v) is 7.86. The van der Waals surface area contributed by atoms with Gasteiger partial charge in [-0.3, -0.25) is 4.79 Å². The van der Waals surface area contributed by atoms with Crippen LogP contribution in [0.1, 0.15) is 49.5 Å². The molecular formula is C19H20N4O2S. The lowest BCUT2D eigenvalue weighted by atomic mass is 9.89. The zero-order valence-corrected chi connectivity index (χ0v) is 15.8. The highest BCUT2D eigenvalue weighted by atomic mass is 32.1. The molecular weight excluding hydrogens is 348 g/mol. The predicted molar refractivity (Wildman–Crippen MR) is 98.5 cm³/mol. The van der Waals surface area contributed by atoms with Crippen molar-refractivity contribution in [1.29, 1.82) is 0 Å². The van der Waals surface area contributed by atoms with E-state index in [4.69, 9.17) is 4.52 Å². The number of thiazole rings is 1. The van der Waals surface area contributed by atoms with E-state index in [-0.39, 0.29) is 17.7 Å². The number of hydrogen-bond donors (Lipinski definition) is 0. The Bertz CT molecular complexity index is 934. The van der Waals surface area contributed by atoms with Crippen LogP contribution in [0.5, 0.6) is 0 Å². The molecule has 1 aromatic carbocycles. The lowest BCUT2D eigenvalue weighted by molar-refractivity contribution is 0.0792. The standard InChI is InChI=1S/C19H20N4O2S/c1-11-17(26-13(3)20-11)19(24)23-9-15(14-7-5-4-6-8-14)16(10-23)18-21-12(2)22-25-18/h4-8,15-16H,9-10H2,1-3H3/t15-,16+/m0/s1. The lowest BCUT2D eigenvalue weighted by Crippen LogP contribution is -2.28. The molecule has 0 saturated carbocycles. The molecule has 4 rings (SSSR count). The van der Waals surface area contributed by atoms with E-state index in [1.54, 1.807) is 0 Å². The van der Waals surface area contributed by atoms with Gasteiger partial charge in [-0.15, -0.1) is 11.3 Å². The summed E-state index contributed by atoms with van der Waals surface area (Å²) in [4.78, 5) is 24.5. The SMILES string of the molecule is Cc1noc([C@@H]2CN(C(=O)c3sc(C)nc3C)C[C@H]2c2ccccc2)n1. The first-order valence-corrected chi connectivity index (χ1v) is 9.43. The van der Waals surface area contributed by atoms with Crippen molar-refractivity contribution in [3.05, 3.63) is 63.2 Å². The van der Waals surface area contributed by atoms with Gasteiger partial charge >= 0.3 is 0 Å². The Morgan fingerprint density at radius 3 is 2.46 bits per heavy atom. The summed E-state index contributed by atoms with van der Waals surface area (Å²) < 4.78 is 5.45. The number of likely N-dealkylation sites (tertiary alicyclic amines) is 1.